The number of rotatable bonds is 9. The Hall–Kier alpha value is -5.13. The summed E-state index contributed by atoms with van der Waals surface area (Å²) in [4.78, 5) is 14.4. The van der Waals surface area contributed by atoms with E-state index in [2.05, 4.69) is 88.1 Å². The van der Waals surface area contributed by atoms with Gasteiger partial charge in [0, 0.05) is 0 Å². The summed E-state index contributed by atoms with van der Waals surface area (Å²) in [5.74, 6) is 0.870. The van der Waals surface area contributed by atoms with Crippen LogP contribution in [0.1, 0.15) is 56.7 Å². The zero-order valence-electron chi connectivity index (χ0n) is 23.8. The molecule has 0 aliphatic heterocycles. The Morgan fingerprint density at radius 3 is 1.05 bits per heavy atom. The van der Waals surface area contributed by atoms with Crippen molar-refractivity contribution in [3.8, 4) is 17.8 Å². The van der Waals surface area contributed by atoms with Crippen LogP contribution in [-0.2, 0) is 19.3 Å². The van der Waals surface area contributed by atoms with Gasteiger partial charge in [-0.1, -0.05) is 73.9 Å². The molecule has 12 nitrogen and oxygen atoms in total. The summed E-state index contributed by atoms with van der Waals surface area (Å²) in [6.07, 6.45) is 6.08. The van der Waals surface area contributed by atoms with Crippen molar-refractivity contribution in [3.05, 3.63) is 71.3 Å². The maximum absolute atomic E-state index is 4.80. The number of hydrogen-bond donors (Lipinski definition) is 0. The molecule has 0 bridgehead atoms. The van der Waals surface area contributed by atoms with Crippen molar-refractivity contribution in [3.63, 3.8) is 0 Å². The normalized spacial score (nSPS) is 11.8. The van der Waals surface area contributed by atoms with Crippen molar-refractivity contribution >= 4 is 33.1 Å². The van der Waals surface area contributed by atoms with Crippen LogP contribution >= 0.6 is 0 Å². The Morgan fingerprint density at radius 1 is 0.452 bits per heavy atom. The van der Waals surface area contributed by atoms with Gasteiger partial charge in [0.1, 0.15) is 16.6 Å². The number of nitrogens with zero attached hydrogens (tertiary/aromatic N) is 12. The molecule has 0 N–H and O–H groups in total. The smallest absolute Gasteiger partial charge is 0.177 e. The van der Waals surface area contributed by atoms with E-state index >= 15 is 0 Å². The lowest BCUT2D eigenvalue weighted by Crippen LogP contribution is -2.15. The third-order valence-corrected chi connectivity index (χ3v) is 7.31. The van der Waals surface area contributed by atoms with Crippen molar-refractivity contribution in [2.75, 3.05) is 0 Å². The minimum atomic E-state index is 0.290. The SMILES string of the molecule is CCCc1ccc2c(c1)nnn2-c1nc(-n2nnc3cc(CCC)ccc32)nc(-n2nnc3cc(CCC)ccc32)n1. The molecule has 0 saturated carbocycles. The molecule has 7 rings (SSSR count). The second kappa shape index (κ2) is 10.7. The van der Waals surface area contributed by atoms with Crippen molar-refractivity contribution in [2.24, 2.45) is 0 Å². The van der Waals surface area contributed by atoms with Crippen LogP contribution in [-0.4, -0.2) is 59.9 Å². The Bertz CT molecular complexity index is 1810. The predicted octanol–water partition coefficient (Wildman–Crippen LogP) is 4.93. The number of aryl methyl sites for hydroxylation is 3. The molecular formula is C30H30N12. The molecule has 210 valence electrons. The van der Waals surface area contributed by atoms with E-state index in [1.54, 1.807) is 14.0 Å². The molecule has 0 atom stereocenters. The molecule has 12 heteroatoms. The van der Waals surface area contributed by atoms with Gasteiger partial charge in [0.15, 0.2) is 0 Å². The van der Waals surface area contributed by atoms with E-state index in [1.807, 2.05) is 18.2 Å². The van der Waals surface area contributed by atoms with Crippen molar-refractivity contribution in [2.45, 2.75) is 59.3 Å². The van der Waals surface area contributed by atoms with Crippen molar-refractivity contribution in [1.82, 2.24) is 59.9 Å². The molecule has 0 spiro atoms. The number of benzene rings is 3. The third kappa shape index (κ3) is 4.54. The maximum Gasteiger partial charge on any atom is 0.259 e. The lowest BCUT2D eigenvalue weighted by molar-refractivity contribution is 0.690. The molecule has 3 aromatic carbocycles. The maximum atomic E-state index is 4.80. The van der Waals surface area contributed by atoms with Gasteiger partial charge in [0.25, 0.3) is 17.8 Å². The largest absolute Gasteiger partial charge is 0.259 e. The fraction of sp³-hybridized carbons (Fsp3) is 0.300. The topological polar surface area (TPSA) is 131 Å². The second-order valence-electron chi connectivity index (χ2n) is 10.5. The molecule has 4 aromatic heterocycles. The van der Waals surface area contributed by atoms with Crippen molar-refractivity contribution < 1.29 is 0 Å². The number of aromatic nitrogens is 12. The second-order valence-corrected chi connectivity index (χ2v) is 10.5. The summed E-state index contributed by atoms with van der Waals surface area (Å²) in [6.45, 7) is 6.48. The fourth-order valence-corrected chi connectivity index (χ4v) is 5.31. The van der Waals surface area contributed by atoms with Crippen LogP contribution in [0.5, 0.6) is 0 Å². The highest BCUT2D eigenvalue weighted by Crippen LogP contribution is 2.22. The highest BCUT2D eigenvalue weighted by Gasteiger charge is 2.20. The monoisotopic (exact) mass is 558 g/mol. The molecule has 7 aromatic rings. The highest BCUT2D eigenvalue weighted by atomic mass is 15.5. The summed E-state index contributed by atoms with van der Waals surface area (Å²) in [7, 11) is 0. The molecular weight excluding hydrogens is 528 g/mol. The summed E-state index contributed by atoms with van der Waals surface area (Å²) >= 11 is 0. The van der Waals surface area contributed by atoms with E-state index in [1.165, 1.54) is 16.7 Å². The summed E-state index contributed by atoms with van der Waals surface area (Å²) in [6, 6.07) is 18.5. The standard InChI is InChI=1S/C30H30N12/c1-4-7-19-10-13-25-22(16-19)34-37-40(25)28-31-29(41-26-14-11-20(8-5-2)17-23(26)35-38-41)33-30(32-28)42-27-15-12-21(9-6-3)18-24(27)36-39-42/h10-18H,4-9H2,1-3H3. The molecule has 4 heterocycles. The number of fused-ring (bicyclic) bond motifs is 3. The first kappa shape index (κ1) is 25.8. The van der Waals surface area contributed by atoms with E-state index in [9.17, 15) is 0 Å². The first-order chi connectivity index (χ1) is 20.6. The van der Waals surface area contributed by atoms with Crippen LogP contribution in [0.4, 0.5) is 0 Å². The summed E-state index contributed by atoms with van der Waals surface area (Å²) < 4.78 is 4.87. The summed E-state index contributed by atoms with van der Waals surface area (Å²) in [5.41, 5.74) is 8.32. The Morgan fingerprint density at radius 2 is 0.762 bits per heavy atom. The Kier molecular flexibility index (Phi) is 6.57. The van der Waals surface area contributed by atoms with Crippen molar-refractivity contribution in [1.29, 1.82) is 0 Å². The van der Waals surface area contributed by atoms with E-state index < -0.39 is 0 Å². The van der Waals surface area contributed by atoms with E-state index in [0.717, 1.165) is 71.6 Å². The fourth-order valence-electron chi connectivity index (χ4n) is 5.31. The molecule has 0 unspecified atom stereocenters. The van der Waals surface area contributed by atoms with Gasteiger partial charge in [0.05, 0.1) is 16.6 Å². The zero-order valence-corrected chi connectivity index (χ0v) is 23.8. The van der Waals surface area contributed by atoms with Gasteiger partial charge in [-0.3, -0.25) is 0 Å². The average Bonchev–Trinajstić information content (AvgIpc) is 3.74. The van der Waals surface area contributed by atoms with Gasteiger partial charge in [0.2, 0.25) is 0 Å². The van der Waals surface area contributed by atoms with E-state index in [4.69, 9.17) is 15.0 Å². The minimum Gasteiger partial charge on any atom is -0.177 e. The first-order valence-electron chi connectivity index (χ1n) is 14.5. The molecule has 0 amide bonds. The molecule has 0 saturated heterocycles. The summed E-state index contributed by atoms with van der Waals surface area (Å²) in [5, 5.41) is 26.5. The highest BCUT2D eigenvalue weighted by molar-refractivity contribution is 5.78. The van der Waals surface area contributed by atoms with Gasteiger partial charge in [-0.25, -0.2) is 0 Å². The molecule has 42 heavy (non-hydrogen) atoms. The molecule has 0 radical (unpaired) electrons. The van der Waals surface area contributed by atoms with Crippen LogP contribution in [0, 0.1) is 0 Å². The lowest BCUT2D eigenvalue weighted by Gasteiger charge is -2.08. The van der Waals surface area contributed by atoms with Crippen LogP contribution in [0.25, 0.3) is 50.9 Å². The van der Waals surface area contributed by atoms with Crippen LogP contribution in [0.2, 0.25) is 0 Å². The predicted molar refractivity (Wildman–Crippen MR) is 159 cm³/mol. The third-order valence-electron chi connectivity index (χ3n) is 7.31. The van der Waals surface area contributed by atoms with Gasteiger partial charge < -0.3 is 0 Å². The van der Waals surface area contributed by atoms with E-state index in [-0.39, 0.29) is 0 Å². The first-order valence-corrected chi connectivity index (χ1v) is 14.5. The van der Waals surface area contributed by atoms with Crippen LogP contribution in [0.3, 0.4) is 0 Å². The molecule has 0 fully saturated rings. The van der Waals surface area contributed by atoms with Gasteiger partial charge in [-0.2, -0.15) is 29.0 Å². The lowest BCUT2D eigenvalue weighted by atomic mass is 10.1. The zero-order chi connectivity index (χ0) is 28.6. The number of hydrogen-bond acceptors (Lipinski definition) is 9. The molecule has 0 aliphatic carbocycles. The van der Waals surface area contributed by atoms with E-state index in [0.29, 0.717) is 17.8 Å². The van der Waals surface area contributed by atoms with Gasteiger partial charge in [-0.15, -0.1) is 15.3 Å². The van der Waals surface area contributed by atoms with Gasteiger partial charge >= 0.3 is 0 Å². The Balaban J connectivity index is 1.41. The van der Waals surface area contributed by atoms with Crippen LogP contribution < -0.4 is 0 Å². The van der Waals surface area contributed by atoms with Gasteiger partial charge in [-0.05, 0) is 72.4 Å². The average molecular weight is 559 g/mol. The minimum absolute atomic E-state index is 0.290. The molecule has 0 aliphatic rings. The Labute approximate surface area is 241 Å². The quantitative estimate of drug-likeness (QED) is 0.242. The van der Waals surface area contributed by atoms with Crippen LogP contribution in [0.15, 0.2) is 54.6 Å².